The Hall–Kier alpha value is -2.44. The Balaban J connectivity index is 1.90. The summed E-state index contributed by atoms with van der Waals surface area (Å²) in [5, 5.41) is 20.9. The minimum absolute atomic E-state index is 0.0220. The molecule has 3 N–H and O–H groups in total. The Bertz CT molecular complexity index is 833. The molecule has 1 heterocycles. The molecule has 10 heteroatoms. The first-order valence-electron chi connectivity index (χ1n) is 8.18. The highest BCUT2D eigenvalue weighted by Gasteiger charge is 2.30. The number of carbonyl (C=O) groups excluding carboxylic acids is 1. The van der Waals surface area contributed by atoms with Crippen LogP contribution in [0.5, 0.6) is 5.75 Å². The van der Waals surface area contributed by atoms with Crippen molar-refractivity contribution in [1.29, 1.82) is 5.26 Å². The molecule has 144 valence electrons. The molecule has 0 aliphatic heterocycles. The third-order valence-corrected chi connectivity index (χ3v) is 5.23. The normalized spacial score (nSPS) is 13.0. The van der Waals surface area contributed by atoms with Crippen molar-refractivity contribution in [1.82, 2.24) is 20.2 Å². The van der Waals surface area contributed by atoms with Gasteiger partial charge < -0.3 is 15.9 Å². The van der Waals surface area contributed by atoms with Crippen molar-refractivity contribution >= 4 is 29.3 Å². The highest BCUT2D eigenvalue weighted by atomic mass is 35.5. The van der Waals surface area contributed by atoms with Crippen LogP contribution >= 0.6 is 23.4 Å². The molecule has 1 aromatic heterocycles. The van der Waals surface area contributed by atoms with E-state index in [1.807, 2.05) is 13.8 Å². The SMILES string of the molecule is CC(C)[C@](C)(C#N)NC(=O)CSc1nnc(COc2ccc(Cl)cc2)n1N. The van der Waals surface area contributed by atoms with Crippen molar-refractivity contribution in [2.75, 3.05) is 11.6 Å². The molecule has 0 aliphatic rings. The van der Waals surface area contributed by atoms with E-state index in [1.54, 1.807) is 31.2 Å². The summed E-state index contributed by atoms with van der Waals surface area (Å²) in [4.78, 5) is 12.1. The van der Waals surface area contributed by atoms with E-state index in [1.165, 1.54) is 4.68 Å². The van der Waals surface area contributed by atoms with Crippen LogP contribution in [0.4, 0.5) is 0 Å². The molecule has 0 saturated heterocycles. The van der Waals surface area contributed by atoms with Crippen molar-refractivity contribution in [3.05, 3.63) is 35.1 Å². The first-order valence-corrected chi connectivity index (χ1v) is 9.54. The van der Waals surface area contributed by atoms with Crippen molar-refractivity contribution in [2.45, 2.75) is 38.1 Å². The number of thioether (sulfide) groups is 1. The standard InChI is InChI=1S/C17H21ClN6O2S/c1-11(2)17(3,10-19)21-15(25)9-27-16-23-22-14(24(16)20)8-26-13-6-4-12(18)5-7-13/h4-7,11H,8-9,20H2,1-3H3,(H,21,25)/t17-/m0/s1. The predicted molar refractivity (Wildman–Crippen MR) is 104 cm³/mol. The average Bonchev–Trinajstić information content (AvgIpc) is 2.99. The summed E-state index contributed by atoms with van der Waals surface area (Å²) >= 11 is 6.96. The molecule has 0 spiro atoms. The van der Waals surface area contributed by atoms with Crippen LogP contribution in [0.1, 0.15) is 26.6 Å². The Morgan fingerprint density at radius 1 is 1.44 bits per heavy atom. The number of hydrogen-bond acceptors (Lipinski definition) is 7. The number of nitrogens with two attached hydrogens (primary N) is 1. The molecule has 0 radical (unpaired) electrons. The summed E-state index contributed by atoms with van der Waals surface area (Å²) in [6.45, 7) is 5.57. The van der Waals surface area contributed by atoms with Crippen LogP contribution in [0.15, 0.2) is 29.4 Å². The Morgan fingerprint density at radius 2 is 2.11 bits per heavy atom. The van der Waals surface area contributed by atoms with Crippen LogP contribution in [0.2, 0.25) is 5.02 Å². The predicted octanol–water partition coefficient (Wildman–Crippen LogP) is 2.37. The van der Waals surface area contributed by atoms with Crippen LogP contribution in [0.25, 0.3) is 0 Å². The van der Waals surface area contributed by atoms with Crippen molar-refractivity contribution in [2.24, 2.45) is 5.92 Å². The van der Waals surface area contributed by atoms with Gasteiger partial charge in [-0.2, -0.15) is 5.26 Å². The molecule has 2 aromatic rings. The van der Waals surface area contributed by atoms with E-state index >= 15 is 0 Å². The summed E-state index contributed by atoms with van der Waals surface area (Å²) < 4.78 is 6.86. The second kappa shape index (κ2) is 8.97. The van der Waals surface area contributed by atoms with Crippen LogP contribution in [-0.4, -0.2) is 32.1 Å². The summed E-state index contributed by atoms with van der Waals surface area (Å²) in [5.74, 6) is 6.77. The summed E-state index contributed by atoms with van der Waals surface area (Å²) in [6, 6.07) is 9.04. The number of nitriles is 1. The van der Waals surface area contributed by atoms with Crippen molar-refractivity contribution in [3.8, 4) is 11.8 Å². The molecule has 1 aromatic carbocycles. The summed E-state index contributed by atoms with van der Waals surface area (Å²) in [7, 11) is 0. The van der Waals surface area contributed by atoms with E-state index in [9.17, 15) is 10.1 Å². The molecule has 1 amide bonds. The van der Waals surface area contributed by atoms with Crippen LogP contribution in [0.3, 0.4) is 0 Å². The highest BCUT2D eigenvalue weighted by Crippen LogP contribution is 2.19. The van der Waals surface area contributed by atoms with Gasteiger partial charge in [0, 0.05) is 5.02 Å². The average molecular weight is 409 g/mol. The Labute approximate surface area is 167 Å². The zero-order valence-electron chi connectivity index (χ0n) is 15.3. The smallest absolute Gasteiger partial charge is 0.231 e. The third-order valence-electron chi connectivity index (χ3n) is 4.04. The van der Waals surface area contributed by atoms with Gasteiger partial charge >= 0.3 is 0 Å². The minimum atomic E-state index is -0.925. The number of hydrogen-bond donors (Lipinski definition) is 2. The fraction of sp³-hybridized carbons (Fsp3) is 0.412. The minimum Gasteiger partial charge on any atom is -0.486 e. The van der Waals surface area contributed by atoms with Gasteiger partial charge in [-0.25, -0.2) is 4.68 Å². The molecule has 0 fully saturated rings. The maximum atomic E-state index is 12.1. The fourth-order valence-electron chi connectivity index (χ4n) is 1.94. The van der Waals surface area contributed by atoms with Gasteiger partial charge in [-0.15, -0.1) is 10.2 Å². The molecule has 0 bridgehead atoms. The number of aromatic nitrogens is 3. The van der Waals surface area contributed by atoms with E-state index in [0.29, 0.717) is 21.8 Å². The largest absolute Gasteiger partial charge is 0.486 e. The van der Waals surface area contributed by atoms with Gasteiger partial charge in [-0.3, -0.25) is 4.79 Å². The fourth-order valence-corrected chi connectivity index (χ4v) is 2.74. The Morgan fingerprint density at radius 3 is 2.70 bits per heavy atom. The molecule has 0 unspecified atom stereocenters. The molecule has 8 nitrogen and oxygen atoms in total. The topological polar surface area (TPSA) is 119 Å². The quantitative estimate of drug-likeness (QED) is 0.508. The second-order valence-electron chi connectivity index (χ2n) is 6.32. The number of ether oxygens (including phenoxy) is 1. The van der Waals surface area contributed by atoms with E-state index in [4.69, 9.17) is 22.2 Å². The molecule has 0 aliphatic carbocycles. The number of halogens is 1. The van der Waals surface area contributed by atoms with Gasteiger partial charge in [0.2, 0.25) is 11.1 Å². The lowest BCUT2D eigenvalue weighted by atomic mass is 9.90. The first-order chi connectivity index (χ1) is 12.7. The number of nitrogen functional groups attached to an aromatic ring is 1. The van der Waals surface area contributed by atoms with Crippen LogP contribution in [0, 0.1) is 17.2 Å². The lowest BCUT2D eigenvalue weighted by Gasteiger charge is -2.27. The van der Waals surface area contributed by atoms with Gasteiger partial charge in [-0.05, 0) is 37.1 Å². The van der Waals surface area contributed by atoms with Gasteiger partial charge in [0.25, 0.3) is 0 Å². The first kappa shape index (κ1) is 20.9. The Kier molecular flexibility index (Phi) is 6.93. The lowest BCUT2D eigenvalue weighted by Crippen LogP contribution is -2.49. The highest BCUT2D eigenvalue weighted by molar-refractivity contribution is 7.99. The number of benzene rings is 1. The van der Waals surface area contributed by atoms with Gasteiger partial charge in [0.05, 0.1) is 11.8 Å². The van der Waals surface area contributed by atoms with Crippen molar-refractivity contribution in [3.63, 3.8) is 0 Å². The van der Waals surface area contributed by atoms with Gasteiger partial charge in [-0.1, -0.05) is 37.2 Å². The number of nitrogens with one attached hydrogen (secondary N) is 1. The maximum Gasteiger partial charge on any atom is 0.231 e. The lowest BCUT2D eigenvalue weighted by molar-refractivity contribution is -0.120. The van der Waals surface area contributed by atoms with Crippen LogP contribution < -0.4 is 15.9 Å². The number of rotatable bonds is 8. The summed E-state index contributed by atoms with van der Waals surface area (Å²) in [6.07, 6.45) is 0. The molecule has 0 saturated carbocycles. The van der Waals surface area contributed by atoms with E-state index in [2.05, 4.69) is 21.6 Å². The van der Waals surface area contributed by atoms with E-state index < -0.39 is 5.54 Å². The number of nitrogens with zero attached hydrogens (tertiary/aromatic N) is 4. The number of carbonyl (C=O) groups is 1. The zero-order chi connectivity index (χ0) is 20.0. The molecule has 2 rings (SSSR count). The van der Waals surface area contributed by atoms with Crippen LogP contribution in [-0.2, 0) is 11.4 Å². The zero-order valence-corrected chi connectivity index (χ0v) is 16.8. The van der Waals surface area contributed by atoms with Gasteiger partial charge in [0.1, 0.15) is 17.9 Å². The van der Waals surface area contributed by atoms with E-state index in [0.717, 1.165) is 11.8 Å². The third kappa shape index (κ3) is 5.52. The molecular formula is C17H21ClN6O2S. The van der Waals surface area contributed by atoms with Gasteiger partial charge in [0.15, 0.2) is 5.82 Å². The maximum absolute atomic E-state index is 12.1. The number of amides is 1. The summed E-state index contributed by atoms with van der Waals surface area (Å²) in [5.41, 5.74) is -0.925. The van der Waals surface area contributed by atoms with E-state index in [-0.39, 0.29) is 24.2 Å². The van der Waals surface area contributed by atoms with Crippen molar-refractivity contribution < 1.29 is 9.53 Å². The molecule has 27 heavy (non-hydrogen) atoms. The monoisotopic (exact) mass is 408 g/mol. The molecular weight excluding hydrogens is 388 g/mol. The second-order valence-corrected chi connectivity index (χ2v) is 7.70. The molecule has 1 atom stereocenters.